The van der Waals surface area contributed by atoms with Gasteiger partial charge in [-0.2, -0.15) is 5.26 Å². The Bertz CT molecular complexity index is 369. The van der Waals surface area contributed by atoms with Crippen LogP contribution in [0.5, 0.6) is 0 Å². The SMILES string of the molecule is N#Cc1c(F)cnc(C(F)F)c1F. The van der Waals surface area contributed by atoms with Crippen molar-refractivity contribution in [2.45, 2.75) is 6.43 Å². The van der Waals surface area contributed by atoms with Gasteiger partial charge in [0.25, 0.3) is 6.43 Å². The Balaban J connectivity index is 3.38. The zero-order chi connectivity index (χ0) is 10.0. The Morgan fingerprint density at radius 1 is 1.38 bits per heavy atom. The van der Waals surface area contributed by atoms with Gasteiger partial charge in [0.1, 0.15) is 17.3 Å². The fourth-order valence-corrected chi connectivity index (χ4v) is 0.735. The average molecular weight is 190 g/mol. The summed E-state index contributed by atoms with van der Waals surface area (Å²) in [6, 6.07) is 1.14. The van der Waals surface area contributed by atoms with Crippen LogP contribution in [0.4, 0.5) is 17.6 Å². The summed E-state index contributed by atoms with van der Waals surface area (Å²) in [4.78, 5) is 2.83. The number of aromatic nitrogens is 1. The summed E-state index contributed by atoms with van der Waals surface area (Å²) < 4.78 is 49.2. The van der Waals surface area contributed by atoms with Gasteiger partial charge in [-0.3, -0.25) is 0 Å². The van der Waals surface area contributed by atoms with Crippen molar-refractivity contribution in [2.24, 2.45) is 0 Å². The minimum Gasteiger partial charge on any atom is -0.249 e. The van der Waals surface area contributed by atoms with E-state index in [2.05, 4.69) is 4.98 Å². The molecule has 2 nitrogen and oxygen atoms in total. The van der Waals surface area contributed by atoms with Gasteiger partial charge in [0.15, 0.2) is 11.6 Å². The second kappa shape index (κ2) is 3.39. The van der Waals surface area contributed by atoms with Gasteiger partial charge in [-0.05, 0) is 0 Å². The fourth-order valence-electron chi connectivity index (χ4n) is 0.735. The van der Waals surface area contributed by atoms with E-state index < -0.39 is 29.3 Å². The molecule has 6 heteroatoms. The molecule has 0 unspecified atom stereocenters. The molecule has 0 aliphatic rings. The van der Waals surface area contributed by atoms with E-state index >= 15 is 0 Å². The third-order valence-corrected chi connectivity index (χ3v) is 1.32. The van der Waals surface area contributed by atoms with Crippen molar-refractivity contribution in [1.82, 2.24) is 4.98 Å². The van der Waals surface area contributed by atoms with Gasteiger partial charge >= 0.3 is 0 Å². The Morgan fingerprint density at radius 2 is 2.00 bits per heavy atom. The number of nitriles is 1. The number of hydrogen-bond donors (Lipinski definition) is 0. The summed E-state index contributed by atoms with van der Waals surface area (Å²) in [5.41, 5.74) is -2.25. The van der Waals surface area contributed by atoms with Crippen LogP contribution in [0.2, 0.25) is 0 Å². The molecule has 1 heterocycles. The molecule has 0 aliphatic heterocycles. The van der Waals surface area contributed by atoms with E-state index in [-0.39, 0.29) is 0 Å². The van der Waals surface area contributed by atoms with Gasteiger partial charge in [0.2, 0.25) is 0 Å². The van der Waals surface area contributed by atoms with Crippen molar-refractivity contribution in [3.63, 3.8) is 0 Å². The third-order valence-electron chi connectivity index (χ3n) is 1.32. The lowest BCUT2D eigenvalue weighted by atomic mass is 10.2. The van der Waals surface area contributed by atoms with Crippen molar-refractivity contribution < 1.29 is 17.6 Å². The largest absolute Gasteiger partial charge is 0.283 e. The molecule has 1 rings (SSSR count). The molecule has 68 valence electrons. The first kappa shape index (κ1) is 9.45. The van der Waals surface area contributed by atoms with Crippen molar-refractivity contribution >= 4 is 0 Å². The Morgan fingerprint density at radius 3 is 2.46 bits per heavy atom. The molecule has 0 radical (unpaired) electrons. The van der Waals surface area contributed by atoms with Crippen LogP contribution < -0.4 is 0 Å². The first-order chi connectivity index (χ1) is 6.07. The second-order valence-corrected chi connectivity index (χ2v) is 2.09. The number of hydrogen-bond acceptors (Lipinski definition) is 2. The van der Waals surface area contributed by atoms with Crippen LogP contribution in [0, 0.1) is 23.0 Å². The summed E-state index contributed by atoms with van der Waals surface area (Å²) in [5, 5.41) is 8.20. The highest BCUT2D eigenvalue weighted by atomic mass is 19.3. The van der Waals surface area contributed by atoms with Crippen molar-refractivity contribution in [3.8, 4) is 6.07 Å². The minimum absolute atomic E-state index is 0.392. The maximum Gasteiger partial charge on any atom is 0.283 e. The lowest BCUT2D eigenvalue weighted by Crippen LogP contribution is -2.01. The lowest BCUT2D eigenvalue weighted by molar-refractivity contribution is 0.140. The third kappa shape index (κ3) is 1.59. The zero-order valence-electron chi connectivity index (χ0n) is 6.06. The van der Waals surface area contributed by atoms with Gasteiger partial charge in [0, 0.05) is 0 Å². The van der Waals surface area contributed by atoms with Crippen molar-refractivity contribution in [3.05, 3.63) is 29.1 Å². The summed E-state index contributed by atoms with van der Waals surface area (Å²) in [5.74, 6) is -2.85. The van der Waals surface area contributed by atoms with Crippen LogP contribution in [-0.2, 0) is 0 Å². The average Bonchev–Trinajstić information content (AvgIpc) is 2.04. The first-order valence-electron chi connectivity index (χ1n) is 3.10. The molecule has 1 aromatic heterocycles. The summed E-state index contributed by atoms with van der Waals surface area (Å²) in [7, 11) is 0. The number of rotatable bonds is 1. The molecule has 1 aromatic rings. The predicted octanol–water partition coefficient (Wildman–Crippen LogP) is 2.17. The normalized spacial score (nSPS) is 10.2. The molecule has 0 aromatic carbocycles. The molecule has 13 heavy (non-hydrogen) atoms. The van der Waals surface area contributed by atoms with E-state index in [0.29, 0.717) is 6.20 Å². The zero-order valence-corrected chi connectivity index (χ0v) is 6.06. The highest BCUT2D eigenvalue weighted by Crippen LogP contribution is 2.22. The van der Waals surface area contributed by atoms with E-state index in [0.717, 1.165) is 6.07 Å². The van der Waals surface area contributed by atoms with Gasteiger partial charge < -0.3 is 0 Å². The van der Waals surface area contributed by atoms with E-state index in [1.165, 1.54) is 0 Å². The van der Waals surface area contributed by atoms with E-state index in [1.807, 2.05) is 0 Å². The minimum atomic E-state index is -3.16. The number of halogens is 4. The number of alkyl halides is 2. The van der Waals surface area contributed by atoms with Gasteiger partial charge in [-0.1, -0.05) is 0 Å². The van der Waals surface area contributed by atoms with Crippen LogP contribution in [0.1, 0.15) is 17.7 Å². The molecular weight excluding hydrogens is 188 g/mol. The van der Waals surface area contributed by atoms with E-state index in [4.69, 9.17) is 5.26 Å². The predicted molar refractivity (Wildman–Crippen MR) is 33.8 cm³/mol. The smallest absolute Gasteiger partial charge is 0.249 e. The molecule has 0 spiro atoms. The monoisotopic (exact) mass is 190 g/mol. The summed E-state index contributed by atoms with van der Waals surface area (Å²) in [6.45, 7) is 0. The van der Waals surface area contributed by atoms with Gasteiger partial charge in [-0.25, -0.2) is 22.5 Å². The number of nitrogens with zero attached hydrogens (tertiary/aromatic N) is 2. The molecule has 0 amide bonds. The molecule has 0 aliphatic carbocycles. The maximum absolute atomic E-state index is 12.8. The van der Waals surface area contributed by atoms with Crippen LogP contribution >= 0.6 is 0 Å². The summed E-state index contributed by atoms with van der Waals surface area (Å²) >= 11 is 0. The molecule has 0 atom stereocenters. The molecule has 0 bridgehead atoms. The standard InChI is InChI=1S/C7H2F4N2/c8-4-2-13-6(7(10)11)5(9)3(4)1-12/h2,7H. The molecule has 0 saturated carbocycles. The highest BCUT2D eigenvalue weighted by Gasteiger charge is 2.20. The quantitative estimate of drug-likeness (QED) is 0.636. The molecule has 0 N–H and O–H groups in total. The van der Waals surface area contributed by atoms with Crippen LogP contribution in [0.3, 0.4) is 0 Å². The lowest BCUT2D eigenvalue weighted by Gasteiger charge is -2.01. The second-order valence-electron chi connectivity index (χ2n) is 2.09. The van der Waals surface area contributed by atoms with Crippen LogP contribution in [0.25, 0.3) is 0 Å². The fraction of sp³-hybridized carbons (Fsp3) is 0.143. The van der Waals surface area contributed by atoms with Crippen molar-refractivity contribution in [1.29, 1.82) is 5.26 Å². The number of pyridine rings is 1. The molecule has 0 fully saturated rings. The maximum atomic E-state index is 12.8. The first-order valence-corrected chi connectivity index (χ1v) is 3.10. The Hall–Kier alpha value is -1.64. The Labute approximate surface area is 70.4 Å². The van der Waals surface area contributed by atoms with Crippen LogP contribution in [-0.4, -0.2) is 4.98 Å². The summed E-state index contributed by atoms with van der Waals surface area (Å²) in [6.07, 6.45) is -2.77. The topological polar surface area (TPSA) is 36.7 Å². The molecular formula is C7H2F4N2. The van der Waals surface area contributed by atoms with E-state index in [1.54, 1.807) is 0 Å². The van der Waals surface area contributed by atoms with Gasteiger partial charge in [-0.15, -0.1) is 0 Å². The van der Waals surface area contributed by atoms with E-state index in [9.17, 15) is 17.6 Å². The highest BCUT2D eigenvalue weighted by molar-refractivity contribution is 5.32. The Kier molecular flexibility index (Phi) is 2.46. The van der Waals surface area contributed by atoms with Crippen molar-refractivity contribution in [2.75, 3.05) is 0 Å². The van der Waals surface area contributed by atoms with Crippen LogP contribution in [0.15, 0.2) is 6.20 Å². The van der Waals surface area contributed by atoms with Gasteiger partial charge in [0.05, 0.1) is 6.20 Å². The molecule has 0 saturated heterocycles.